The smallest absolute Gasteiger partial charge is 0.408 e. The molecule has 0 saturated heterocycles. The number of likely N-dealkylation sites (N-methyl/N-ethyl adjacent to an activating group) is 1. The molecule has 8 nitrogen and oxygen atoms in total. The summed E-state index contributed by atoms with van der Waals surface area (Å²) in [6.07, 6.45) is 1.17. The highest BCUT2D eigenvalue weighted by Gasteiger charge is 2.36. The number of ether oxygens (including phenoxy) is 1. The summed E-state index contributed by atoms with van der Waals surface area (Å²) in [7, 11) is 0. The van der Waals surface area contributed by atoms with E-state index in [0.717, 1.165) is 24.0 Å². The van der Waals surface area contributed by atoms with Crippen molar-refractivity contribution in [3.63, 3.8) is 0 Å². The lowest BCUT2D eigenvalue weighted by Crippen LogP contribution is -2.54. The number of phenols is 1. The molecule has 8 heteroatoms. The zero-order valence-electron chi connectivity index (χ0n) is 23.7. The number of aryl methyl sites for hydroxylation is 1. The van der Waals surface area contributed by atoms with Gasteiger partial charge in [-0.05, 0) is 71.2 Å². The lowest BCUT2D eigenvalue weighted by atomic mass is 9.99. The van der Waals surface area contributed by atoms with Crippen molar-refractivity contribution in [1.82, 2.24) is 15.5 Å². The molecule has 0 radical (unpaired) electrons. The maximum atomic E-state index is 14.1. The number of carbonyl (C=O) groups excluding carboxylic acids is 3. The molecule has 0 spiro atoms. The summed E-state index contributed by atoms with van der Waals surface area (Å²) in [5.41, 5.74) is 1.72. The van der Waals surface area contributed by atoms with Crippen LogP contribution in [0.2, 0.25) is 0 Å². The van der Waals surface area contributed by atoms with Gasteiger partial charge in [0.2, 0.25) is 11.8 Å². The highest BCUT2D eigenvalue weighted by molar-refractivity contribution is 5.92. The largest absolute Gasteiger partial charge is 0.508 e. The van der Waals surface area contributed by atoms with Crippen molar-refractivity contribution in [2.45, 2.75) is 91.5 Å². The molecule has 2 aromatic carbocycles. The van der Waals surface area contributed by atoms with Gasteiger partial charge in [0.15, 0.2) is 0 Å². The molecule has 2 aromatic rings. The van der Waals surface area contributed by atoms with Gasteiger partial charge in [0.25, 0.3) is 0 Å². The third kappa shape index (κ3) is 9.39. The Balaban J connectivity index is 2.46. The van der Waals surface area contributed by atoms with Gasteiger partial charge in [-0.3, -0.25) is 9.59 Å². The van der Waals surface area contributed by atoms with Crippen molar-refractivity contribution < 1.29 is 24.2 Å². The van der Waals surface area contributed by atoms with Crippen LogP contribution >= 0.6 is 0 Å². The second kappa shape index (κ2) is 13.8. The van der Waals surface area contributed by atoms with Crippen LogP contribution in [-0.4, -0.2) is 52.1 Å². The number of phenolic OH excluding ortho intramolecular Hbond substituents is 1. The fourth-order valence-corrected chi connectivity index (χ4v) is 4.23. The number of nitrogens with zero attached hydrogens (tertiary/aromatic N) is 1. The molecule has 0 aromatic heterocycles. The summed E-state index contributed by atoms with van der Waals surface area (Å²) < 4.78 is 5.43. The van der Waals surface area contributed by atoms with Crippen LogP contribution in [0.4, 0.5) is 4.79 Å². The number of hydrogen-bond acceptors (Lipinski definition) is 5. The number of aromatic hydroxyl groups is 1. The van der Waals surface area contributed by atoms with Crippen LogP contribution in [0.5, 0.6) is 5.75 Å². The third-order valence-corrected chi connectivity index (χ3v) is 6.05. The Morgan fingerprint density at radius 1 is 0.974 bits per heavy atom. The van der Waals surface area contributed by atoms with Crippen LogP contribution in [0.3, 0.4) is 0 Å². The van der Waals surface area contributed by atoms with E-state index in [4.69, 9.17) is 4.74 Å². The van der Waals surface area contributed by atoms with Gasteiger partial charge in [0.05, 0.1) is 0 Å². The van der Waals surface area contributed by atoms with E-state index in [2.05, 4.69) is 17.6 Å². The summed E-state index contributed by atoms with van der Waals surface area (Å²) in [6, 6.07) is 12.1. The van der Waals surface area contributed by atoms with Crippen molar-refractivity contribution in [2.75, 3.05) is 6.54 Å². The van der Waals surface area contributed by atoms with Crippen LogP contribution in [0.1, 0.15) is 77.1 Å². The molecule has 3 atom stereocenters. The fourth-order valence-electron chi connectivity index (χ4n) is 4.23. The second-order valence-corrected chi connectivity index (χ2v) is 10.7. The van der Waals surface area contributed by atoms with Crippen molar-refractivity contribution in [2.24, 2.45) is 0 Å². The number of nitrogens with one attached hydrogen (secondary N) is 2. The van der Waals surface area contributed by atoms with Gasteiger partial charge in [-0.25, -0.2) is 4.79 Å². The maximum absolute atomic E-state index is 14.1. The first-order valence-electron chi connectivity index (χ1n) is 13.3. The molecular formula is C30H43N3O5. The Hall–Kier alpha value is -3.55. The molecule has 0 aliphatic heterocycles. The van der Waals surface area contributed by atoms with Crippen LogP contribution in [-0.2, 0) is 20.7 Å². The third-order valence-electron chi connectivity index (χ3n) is 6.05. The van der Waals surface area contributed by atoms with E-state index in [1.54, 1.807) is 32.9 Å². The summed E-state index contributed by atoms with van der Waals surface area (Å²) in [6.45, 7) is 13.3. The topological polar surface area (TPSA) is 108 Å². The van der Waals surface area contributed by atoms with Gasteiger partial charge in [-0.1, -0.05) is 55.3 Å². The van der Waals surface area contributed by atoms with Crippen LogP contribution in [0, 0.1) is 6.92 Å². The van der Waals surface area contributed by atoms with E-state index in [0.29, 0.717) is 5.56 Å². The number of benzene rings is 2. The molecule has 0 heterocycles. The number of amides is 3. The minimum Gasteiger partial charge on any atom is -0.508 e. The molecule has 0 aliphatic carbocycles. The van der Waals surface area contributed by atoms with Gasteiger partial charge < -0.3 is 25.4 Å². The average Bonchev–Trinajstić information content (AvgIpc) is 2.82. The Labute approximate surface area is 226 Å². The predicted octanol–water partition coefficient (Wildman–Crippen LogP) is 5.03. The number of hydrogen-bond donors (Lipinski definition) is 3. The summed E-state index contributed by atoms with van der Waals surface area (Å²) in [5.74, 6) is -0.579. The number of alkyl carbamates (subject to hydrolysis) is 1. The van der Waals surface area contributed by atoms with Crippen molar-refractivity contribution in [3.8, 4) is 5.75 Å². The van der Waals surface area contributed by atoms with Gasteiger partial charge in [0, 0.05) is 19.0 Å². The highest BCUT2D eigenvalue weighted by Crippen LogP contribution is 2.24. The van der Waals surface area contributed by atoms with Crippen molar-refractivity contribution >= 4 is 17.9 Å². The molecule has 2 rings (SSSR count). The minimum absolute atomic E-state index is 0.0538. The Morgan fingerprint density at radius 2 is 1.58 bits per heavy atom. The molecule has 0 saturated carbocycles. The maximum Gasteiger partial charge on any atom is 0.408 e. The van der Waals surface area contributed by atoms with Gasteiger partial charge in [0.1, 0.15) is 23.4 Å². The van der Waals surface area contributed by atoms with Crippen molar-refractivity contribution in [1.29, 1.82) is 0 Å². The van der Waals surface area contributed by atoms with Crippen LogP contribution in [0.25, 0.3) is 0 Å². The normalized spacial score (nSPS) is 13.7. The van der Waals surface area contributed by atoms with E-state index in [1.165, 1.54) is 17.0 Å². The van der Waals surface area contributed by atoms with E-state index in [9.17, 15) is 19.5 Å². The first-order valence-corrected chi connectivity index (χ1v) is 13.3. The lowest BCUT2D eigenvalue weighted by Gasteiger charge is -2.34. The monoisotopic (exact) mass is 525 g/mol. The first-order chi connectivity index (χ1) is 17.8. The van der Waals surface area contributed by atoms with Gasteiger partial charge >= 0.3 is 6.09 Å². The molecule has 0 fully saturated rings. The molecule has 38 heavy (non-hydrogen) atoms. The average molecular weight is 526 g/mol. The Bertz CT molecular complexity index is 1060. The fraction of sp³-hybridized carbons (Fsp3) is 0.500. The molecule has 208 valence electrons. The summed E-state index contributed by atoms with van der Waals surface area (Å²) in [4.78, 5) is 41.9. The van der Waals surface area contributed by atoms with E-state index >= 15 is 0 Å². The Kier molecular flexibility index (Phi) is 11.2. The highest BCUT2D eigenvalue weighted by atomic mass is 16.6. The minimum atomic E-state index is -0.997. The molecular weight excluding hydrogens is 482 g/mol. The molecule has 3 N–H and O–H groups in total. The number of rotatable bonds is 11. The first kappa shape index (κ1) is 30.7. The molecule has 3 amide bonds. The van der Waals surface area contributed by atoms with Gasteiger partial charge in [-0.15, -0.1) is 0 Å². The predicted molar refractivity (Wildman–Crippen MR) is 149 cm³/mol. The lowest BCUT2D eigenvalue weighted by molar-refractivity contribution is -0.142. The van der Waals surface area contributed by atoms with Crippen molar-refractivity contribution in [3.05, 3.63) is 65.2 Å². The SMILES string of the molecule is CCCC(C)NC(=O)C(c1ccc(C)cc1)N(CC)C(=O)C(Cc1ccc(O)cc1)NC(=O)OC(C)(C)C. The van der Waals surface area contributed by atoms with E-state index in [1.807, 2.05) is 45.0 Å². The van der Waals surface area contributed by atoms with E-state index in [-0.39, 0.29) is 30.7 Å². The Morgan fingerprint density at radius 3 is 2.11 bits per heavy atom. The second-order valence-electron chi connectivity index (χ2n) is 10.7. The molecule has 0 aliphatic rings. The zero-order valence-corrected chi connectivity index (χ0v) is 23.7. The summed E-state index contributed by atoms with van der Waals surface area (Å²) >= 11 is 0. The van der Waals surface area contributed by atoms with E-state index < -0.39 is 29.7 Å². The molecule has 3 unspecified atom stereocenters. The zero-order chi connectivity index (χ0) is 28.5. The standard InChI is InChI=1S/C30H43N3O5/c1-8-10-21(4)31-27(35)26(23-15-11-20(3)12-16-23)33(9-2)28(36)25(32-29(37)38-30(5,6)7)19-22-13-17-24(34)18-14-22/h11-18,21,25-26,34H,8-10,19H2,1-7H3,(H,31,35)(H,32,37). The number of carbonyl (C=O) groups is 3. The van der Waals surface area contributed by atoms with Crippen LogP contribution in [0.15, 0.2) is 48.5 Å². The quantitative estimate of drug-likeness (QED) is 0.381. The van der Waals surface area contributed by atoms with Crippen LogP contribution < -0.4 is 10.6 Å². The van der Waals surface area contributed by atoms with Gasteiger partial charge in [-0.2, -0.15) is 0 Å². The summed E-state index contributed by atoms with van der Waals surface area (Å²) in [5, 5.41) is 15.5. The molecule has 0 bridgehead atoms.